The molecule has 1 saturated heterocycles. The van der Waals surface area contributed by atoms with E-state index in [0.29, 0.717) is 63.0 Å². The van der Waals surface area contributed by atoms with Gasteiger partial charge in [-0.15, -0.1) is 0 Å². The summed E-state index contributed by atoms with van der Waals surface area (Å²) in [6.07, 6.45) is -0.411. The number of carbonyl (C=O) groups excluding carboxylic acids is 2. The highest BCUT2D eigenvalue weighted by molar-refractivity contribution is 5.89. The first-order valence-electron chi connectivity index (χ1n) is 16.1. The third-order valence-electron chi connectivity index (χ3n) is 8.21. The van der Waals surface area contributed by atoms with Gasteiger partial charge in [-0.05, 0) is 59.1 Å². The van der Waals surface area contributed by atoms with E-state index in [2.05, 4.69) is 16.8 Å². The van der Waals surface area contributed by atoms with Crippen LogP contribution in [0.2, 0.25) is 0 Å². The molecule has 1 aromatic carbocycles. The standard InChI is InChI=1S/C34H48N6O7/c1-8-43-18-26-38-27-28(40(26)19-34(7)20-45-33(5,6)46-21-34)24-13-14-39(16-25(24)37-29(27)35)31(42)44-17-23-12-10-9-11-22(23)15-36-30(41)47-32(2,3)4/h9-12H,8,13-21H2,1-7H3,(H2,35,37)(H,36,41). The van der Waals surface area contributed by atoms with Crippen molar-refractivity contribution in [3.8, 4) is 0 Å². The molecule has 0 spiro atoms. The molecule has 0 saturated carbocycles. The molecule has 2 amide bonds. The van der Waals surface area contributed by atoms with Gasteiger partial charge in [0.1, 0.15) is 30.2 Å². The number of imidazole rings is 1. The summed E-state index contributed by atoms with van der Waals surface area (Å²) < 4.78 is 31.1. The van der Waals surface area contributed by atoms with Crippen LogP contribution in [0, 0.1) is 5.41 Å². The number of nitrogens with zero attached hydrogens (tertiary/aromatic N) is 4. The van der Waals surface area contributed by atoms with Gasteiger partial charge < -0.3 is 44.2 Å². The van der Waals surface area contributed by atoms with Crippen LogP contribution in [0.5, 0.6) is 0 Å². The Balaban J connectivity index is 1.32. The highest BCUT2D eigenvalue weighted by Crippen LogP contribution is 2.36. The molecule has 2 aliphatic rings. The van der Waals surface area contributed by atoms with Gasteiger partial charge in [0.05, 0.1) is 31.0 Å². The van der Waals surface area contributed by atoms with Crippen LogP contribution in [0.25, 0.3) is 11.0 Å². The number of nitrogen functional groups attached to an aromatic ring is 1. The Hall–Kier alpha value is -3.94. The predicted octanol–water partition coefficient (Wildman–Crippen LogP) is 5.06. The Kier molecular flexibility index (Phi) is 9.99. The monoisotopic (exact) mass is 652 g/mol. The SMILES string of the molecule is CCOCc1nc2c(N)nc3c(c2n1CC1(C)COC(C)(C)OC1)CCN(C(=O)OCc1ccccc1CNC(=O)OC(C)(C)C)C3. The number of anilines is 1. The molecule has 0 atom stereocenters. The van der Waals surface area contributed by atoms with E-state index in [1.807, 2.05) is 65.8 Å². The Morgan fingerprint density at radius 2 is 1.77 bits per heavy atom. The van der Waals surface area contributed by atoms with E-state index in [1.54, 1.807) is 4.90 Å². The molecule has 13 heteroatoms. The van der Waals surface area contributed by atoms with Crippen LogP contribution >= 0.6 is 0 Å². The van der Waals surface area contributed by atoms with Crippen LogP contribution in [0.3, 0.4) is 0 Å². The lowest BCUT2D eigenvalue weighted by atomic mass is 9.91. The zero-order valence-electron chi connectivity index (χ0n) is 28.6. The lowest BCUT2D eigenvalue weighted by molar-refractivity contribution is -0.284. The number of nitrogens with two attached hydrogens (primary N) is 1. The second-order valence-electron chi connectivity index (χ2n) is 14.0. The number of fused-ring (bicyclic) bond motifs is 3. The zero-order valence-corrected chi connectivity index (χ0v) is 28.6. The molecule has 5 rings (SSSR count). The van der Waals surface area contributed by atoms with Gasteiger partial charge in [0, 0.05) is 37.2 Å². The van der Waals surface area contributed by atoms with E-state index in [4.69, 9.17) is 39.4 Å². The maximum Gasteiger partial charge on any atom is 0.410 e. The number of hydrogen-bond donors (Lipinski definition) is 2. The minimum absolute atomic E-state index is 0.0516. The molecule has 256 valence electrons. The minimum atomic E-state index is -0.630. The molecular formula is C34H48N6O7. The number of nitrogens with one attached hydrogen (secondary N) is 1. The number of ether oxygens (including phenoxy) is 5. The number of carbonyl (C=O) groups is 2. The lowest BCUT2D eigenvalue weighted by Crippen LogP contribution is -2.47. The topological polar surface area (TPSA) is 152 Å². The fourth-order valence-electron chi connectivity index (χ4n) is 5.75. The highest BCUT2D eigenvalue weighted by atomic mass is 16.7. The molecule has 13 nitrogen and oxygen atoms in total. The van der Waals surface area contributed by atoms with E-state index in [-0.39, 0.29) is 25.1 Å². The van der Waals surface area contributed by atoms with Crippen LogP contribution in [0.15, 0.2) is 24.3 Å². The summed E-state index contributed by atoms with van der Waals surface area (Å²) >= 11 is 0. The van der Waals surface area contributed by atoms with Crippen molar-refractivity contribution in [3.63, 3.8) is 0 Å². The molecule has 0 bridgehead atoms. The molecule has 0 radical (unpaired) electrons. The van der Waals surface area contributed by atoms with E-state index in [1.165, 1.54) is 0 Å². The van der Waals surface area contributed by atoms with Gasteiger partial charge in [-0.25, -0.2) is 19.6 Å². The van der Waals surface area contributed by atoms with Gasteiger partial charge in [0.25, 0.3) is 0 Å². The largest absolute Gasteiger partial charge is 0.445 e. The number of hydrogen-bond acceptors (Lipinski definition) is 10. The van der Waals surface area contributed by atoms with Crippen LogP contribution in [0.4, 0.5) is 15.4 Å². The number of rotatable bonds is 9. The highest BCUT2D eigenvalue weighted by Gasteiger charge is 2.38. The summed E-state index contributed by atoms with van der Waals surface area (Å²) in [5.41, 5.74) is 10.5. The van der Waals surface area contributed by atoms with Crippen molar-refractivity contribution in [2.45, 2.75) is 99.1 Å². The maximum absolute atomic E-state index is 13.3. The lowest BCUT2D eigenvalue weighted by Gasteiger charge is -2.42. The second-order valence-corrected chi connectivity index (χ2v) is 14.0. The van der Waals surface area contributed by atoms with Gasteiger partial charge in [0.15, 0.2) is 11.6 Å². The van der Waals surface area contributed by atoms with E-state index in [9.17, 15) is 9.59 Å². The molecule has 3 N–H and O–H groups in total. The third-order valence-corrected chi connectivity index (χ3v) is 8.21. The normalized spacial score (nSPS) is 17.3. The van der Waals surface area contributed by atoms with Crippen LogP contribution in [0.1, 0.15) is 76.7 Å². The fourth-order valence-corrected chi connectivity index (χ4v) is 5.75. The first-order valence-corrected chi connectivity index (χ1v) is 16.1. The molecule has 2 aromatic heterocycles. The van der Waals surface area contributed by atoms with Crippen molar-refractivity contribution in [1.82, 2.24) is 24.8 Å². The molecule has 4 heterocycles. The first-order chi connectivity index (χ1) is 22.2. The summed E-state index contributed by atoms with van der Waals surface area (Å²) in [7, 11) is 0. The summed E-state index contributed by atoms with van der Waals surface area (Å²) in [6, 6.07) is 7.49. The average molecular weight is 653 g/mol. The Morgan fingerprint density at radius 1 is 1.06 bits per heavy atom. The smallest absolute Gasteiger partial charge is 0.410 e. The van der Waals surface area contributed by atoms with Crippen molar-refractivity contribution >= 4 is 29.0 Å². The fraction of sp³-hybridized carbons (Fsp3) is 0.588. The third kappa shape index (κ3) is 8.32. The summed E-state index contributed by atoms with van der Waals surface area (Å²) in [5.74, 6) is 0.436. The van der Waals surface area contributed by atoms with Gasteiger partial charge in [-0.1, -0.05) is 31.2 Å². The summed E-state index contributed by atoms with van der Waals surface area (Å²) in [6.45, 7) is 16.9. The molecular weight excluding hydrogens is 604 g/mol. The number of aromatic nitrogens is 3. The van der Waals surface area contributed by atoms with Gasteiger partial charge >= 0.3 is 12.2 Å². The minimum Gasteiger partial charge on any atom is -0.445 e. The van der Waals surface area contributed by atoms with Crippen LogP contribution < -0.4 is 11.1 Å². The number of benzene rings is 1. The zero-order chi connectivity index (χ0) is 34.0. The Labute approximate surface area is 276 Å². The van der Waals surface area contributed by atoms with Gasteiger partial charge in [-0.2, -0.15) is 0 Å². The molecule has 47 heavy (non-hydrogen) atoms. The Bertz CT molecular complexity index is 1600. The number of amides is 2. The van der Waals surface area contributed by atoms with Crippen molar-refractivity contribution in [2.75, 3.05) is 32.1 Å². The van der Waals surface area contributed by atoms with Crippen molar-refractivity contribution in [1.29, 1.82) is 0 Å². The van der Waals surface area contributed by atoms with E-state index < -0.39 is 23.6 Å². The van der Waals surface area contributed by atoms with Crippen LogP contribution in [-0.2, 0) is 63.0 Å². The molecule has 0 aliphatic carbocycles. The summed E-state index contributed by atoms with van der Waals surface area (Å²) in [4.78, 5) is 36.7. The average Bonchev–Trinajstić information content (AvgIpc) is 3.37. The quantitative estimate of drug-likeness (QED) is 0.321. The molecule has 3 aromatic rings. The second kappa shape index (κ2) is 13.7. The van der Waals surface area contributed by atoms with Crippen LogP contribution in [-0.4, -0.2) is 69.4 Å². The summed E-state index contributed by atoms with van der Waals surface area (Å²) in [5, 5.41) is 2.77. The molecule has 2 aliphatic heterocycles. The van der Waals surface area contributed by atoms with Crippen molar-refractivity contribution in [3.05, 3.63) is 52.5 Å². The number of pyridine rings is 1. The van der Waals surface area contributed by atoms with Gasteiger partial charge in [-0.3, -0.25) is 0 Å². The number of alkyl carbamates (subject to hydrolysis) is 1. The van der Waals surface area contributed by atoms with E-state index >= 15 is 0 Å². The van der Waals surface area contributed by atoms with Crippen molar-refractivity contribution < 1.29 is 33.3 Å². The van der Waals surface area contributed by atoms with Crippen molar-refractivity contribution in [2.24, 2.45) is 5.41 Å². The van der Waals surface area contributed by atoms with Gasteiger partial charge in [0.2, 0.25) is 0 Å². The predicted molar refractivity (Wildman–Crippen MR) is 175 cm³/mol. The molecule has 0 unspecified atom stereocenters. The molecule has 1 fully saturated rings. The first kappa shape index (κ1) is 34.4. The Morgan fingerprint density at radius 3 is 2.45 bits per heavy atom. The maximum atomic E-state index is 13.3. The van der Waals surface area contributed by atoms with E-state index in [0.717, 1.165) is 28.0 Å².